The predicted molar refractivity (Wildman–Crippen MR) is 363 cm³/mol. The molecule has 0 radical (unpaired) electrons. The zero-order chi connectivity index (χ0) is 61.0. The molecule has 5 heteroatoms. The number of ether oxygens (including phenoxy) is 1. The molecule has 3 aromatic heterocycles. The van der Waals surface area contributed by atoms with E-state index < -0.39 is 0 Å². The summed E-state index contributed by atoms with van der Waals surface area (Å²) in [4.78, 5) is 4.96. The number of pyridine rings is 1. The number of benzene rings is 8. The van der Waals surface area contributed by atoms with Crippen molar-refractivity contribution in [1.82, 2.24) is 14.1 Å². The minimum Gasteiger partial charge on any atom is -0.458 e. The smallest absolute Gasteiger partial charge is 0.269 e. The summed E-state index contributed by atoms with van der Waals surface area (Å²) in [5.74, 6) is 2.38. The number of rotatable bonds is 8. The highest BCUT2D eigenvalue weighted by molar-refractivity contribution is 6.09. The topological polar surface area (TPSA) is 35.9 Å². The van der Waals surface area contributed by atoms with Gasteiger partial charge in [-0.25, -0.2) is 4.98 Å². The summed E-state index contributed by atoms with van der Waals surface area (Å²) in [6.07, 6.45) is 13.0. The fraction of sp³-hybridized carbons (Fsp3) is 0.341. The van der Waals surface area contributed by atoms with E-state index in [4.69, 9.17) is 9.72 Å². The van der Waals surface area contributed by atoms with Crippen LogP contribution in [0.2, 0.25) is 0 Å². The van der Waals surface area contributed by atoms with Crippen LogP contribution in [0.1, 0.15) is 181 Å². The molecular formula is C82H86N4O. The van der Waals surface area contributed by atoms with Crippen LogP contribution in [0.15, 0.2) is 176 Å². The Kier molecular flexibility index (Phi) is 12.9. The van der Waals surface area contributed by atoms with Crippen molar-refractivity contribution in [3.63, 3.8) is 0 Å². The molecule has 0 spiro atoms. The molecule has 440 valence electrons. The lowest BCUT2D eigenvalue weighted by Crippen LogP contribution is -2.34. The Morgan fingerprint density at radius 3 is 1.49 bits per heavy atom. The summed E-state index contributed by atoms with van der Waals surface area (Å²) in [7, 11) is 0. The van der Waals surface area contributed by atoms with Gasteiger partial charge in [0, 0.05) is 23.0 Å². The summed E-state index contributed by atoms with van der Waals surface area (Å²) < 4.78 is 13.9. The molecule has 0 amide bonds. The van der Waals surface area contributed by atoms with Gasteiger partial charge >= 0.3 is 0 Å². The van der Waals surface area contributed by atoms with Crippen LogP contribution in [0, 0.1) is 6.33 Å². The second-order valence-corrected chi connectivity index (χ2v) is 31.0. The van der Waals surface area contributed by atoms with Crippen LogP contribution in [0.3, 0.4) is 0 Å². The molecule has 0 atom stereocenters. The first kappa shape index (κ1) is 56.8. The normalized spacial score (nSPS) is 17.9. The highest BCUT2D eigenvalue weighted by Gasteiger charge is 2.41. The summed E-state index contributed by atoms with van der Waals surface area (Å²) >= 11 is 0. The molecule has 0 fully saturated rings. The van der Waals surface area contributed by atoms with Crippen LogP contribution >= 0.6 is 0 Å². The third kappa shape index (κ3) is 9.56. The lowest BCUT2D eigenvalue weighted by Gasteiger charge is -2.42. The molecule has 0 saturated heterocycles. The monoisotopic (exact) mass is 1140 g/mol. The Balaban J connectivity index is 0.981. The largest absolute Gasteiger partial charge is 0.458 e. The van der Waals surface area contributed by atoms with Gasteiger partial charge in [0.05, 0.1) is 33.4 Å². The highest BCUT2D eigenvalue weighted by Crippen LogP contribution is 2.52. The maximum absolute atomic E-state index is 6.97. The Morgan fingerprint density at radius 1 is 0.425 bits per heavy atom. The van der Waals surface area contributed by atoms with E-state index in [-0.39, 0.29) is 37.9 Å². The van der Waals surface area contributed by atoms with Gasteiger partial charge in [0.15, 0.2) is 0 Å². The van der Waals surface area contributed by atoms with Gasteiger partial charge in [-0.1, -0.05) is 207 Å². The maximum atomic E-state index is 6.97. The van der Waals surface area contributed by atoms with Crippen molar-refractivity contribution >= 4 is 32.8 Å². The molecule has 3 aliphatic rings. The van der Waals surface area contributed by atoms with Gasteiger partial charge in [0.25, 0.3) is 6.33 Å². The number of nitrogens with zero attached hydrogens (tertiary/aromatic N) is 4. The summed E-state index contributed by atoms with van der Waals surface area (Å²) in [5, 5.41) is 2.33. The summed E-state index contributed by atoms with van der Waals surface area (Å²) in [6, 6.07) is 64.2. The van der Waals surface area contributed by atoms with Crippen LogP contribution in [0.25, 0.3) is 83.4 Å². The van der Waals surface area contributed by atoms with E-state index in [0.29, 0.717) is 0 Å². The third-order valence-corrected chi connectivity index (χ3v) is 21.2. The van der Waals surface area contributed by atoms with Crippen LogP contribution in [0.4, 0.5) is 0 Å². The number of aromatic nitrogens is 4. The van der Waals surface area contributed by atoms with Crippen LogP contribution < -0.4 is 9.30 Å². The van der Waals surface area contributed by atoms with E-state index in [0.717, 1.165) is 88.2 Å². The number of hydrogen-bond acceptors (Lipinski definition) is 2. The fourth-order valence-corrected chi connectivity index (χ4v) is 15.3. The summed E-state index contributed by atoms with van der Waals surface area (Å²) in [6.45, 7) is 36.1. The third-order valence-electron chi connectivity index (χ3n) is 21.2. The van der Waals surface area contributed by atoms with Crippen molar-refractivity contribution < 1.29 is 9.30 Å². The molecule has 3 heterocycles. The van der Waals surface area contributed by atoms with Crippen molar-refractivity contribution in [2.75, 3.05) is 0 Å². The summed E-state index contributed by atoms with van der Waals surface area (Å²) in [5.41, 5.74) is 24.0. The Bertz CT molecular complexity index is 4500. The van der Waals surface area contributed by atoms with Crippen molar-refractivity contribution in [2.24, 2.45) is 0 Å². The standard InChI is InChI=1S/C82H86N4O/c1-76(2,3)56-35-42-83-74(48-56)86-70-24-17-16-23-60(70)61-31-30-59(50-73(61)86)87-58-22-20-21-57(49-58)84-51-85(72-26-19-18-25-71(72)84)75-62(53-28-33-65-68(46-53)81(12,13)40-37-78(65,6)7)43-55(52-27-32-64-67(45-52)80(10,11)39-36-77(64,4)5)44-63(75)54-29-34-66-69(47-54)82(14,15)41-38-79(66,8)9/h16-35,42-50H,36-41H2,1-15H3. The maximum Gasteiger partial charge on any atom is 0.269 e. The average molecular weight is 1140 g/mol. The first-order chi connectivity index (χ1) is 41.2. The Hall–Kier alpha value is -8.02. The number of para-hydroxylation sites is 3. The van der Waals surface area contributed by atoms with Gasteiger partial charge in [-0.15, -0.1) is 0 Å². The lowest BCUT2D eigenvalue weighted by atomic mass is 9.62. The van der Waals surface area contributed by atoms with Crippen molar-refractivity contribution in [2.45, 2.75) is 180 Å². The molecule has 0 unspecified atom stereocenters. The molecule has 14 rings (SSSR count). The molecule has 0 saturated carbocycles. The molecule has 5 nitrogen and oxygen atoms in total. The lowest BCUT2D eigenvalue weighted by molar-refractivity contribution is -0.571. The number of imidazole rings is 1. The van der Waals surface area contributed by atoms with E-state index in [9.17, 15) is 0 Å². The minimum atomic E-state index is -0.0302. The average Bonchev–Trinajstić information content (AvgIpc) is 1.24. The second-order valence-electron chi connectivity index (χ2n) is 31.0. The zero-order valence-electron chi connectivity index (χ0n) is 54.2. The zero-order valence-corrected chi connectivity index (χ0v) is 54.2. The van der Waals surface area contributed by atoms with E-state index in [1.54, 1.807) is 0 Å². The molecular weight excluding hydrogens is 1060 g/mol. The van der Waals surface area contributed by atoms with E-state index in [1.165, 1.54) is 84.1 Å². The van der Waals surface area contributed by atoms with Crippen molar-refractivity contribution in [1.29, 1.82) is 0 Å². The number of hydrogen-bond donors (Lipinski definition) is 0. The van der Waals surface area contributed by atoms with Gasteiger partial charge in [-0.3, -0.25) is 13.7 Å². The number of fused-ring (bicyclic) bond motifs is 7. The van der Waals surface area contributed by atoms with Crippen LogP contribution in [0.5, 0.6) is 11.5 Å². The van der Waals surface area contributed by atoms with Gasteiger partial charge < -0.3 is 4.74 Å². The second kappa shape index (κ2) is 19.7. The van der Waals surface area contributed by atoms with E-state index >= 15 is 0 Å². The van der Waals surface area contributed by atoms with E-state index in [1.807, 2.05) is 6.20 Å². The van der Waals surface area contributed by atoms with E-state index in [2.05, 4.69) is 294 Å². The quantitative estimate of drug-likeness (QED) is 0.112. The fourth-order valence-electron chi connectivity index (χ4n) is 15.3. The van der Waals surface area contributed by atoms with Gasteiger partial charge in [0.1, 0.15) is 17.3 Å². The minimum absolute atomic E-state index is 0.0109. The molecule has 87 heavy (non-hydrogen) atoms. The molecule has 0 N–H and O–H groups in total. The molecule has 0 aliphatic heterocycles. The van der Waals surface area contributed by atoms with Gasteiger partial charge in [-0.05, 0) is 209 Å². The first-order valence-corrected chi connectivity index (χ1v) is 32.1. The molecule has 8 aromatic carbocycles. The van der Waals surface area contributed by atoms with Crippen molar-refractivity contribution in [3.8, 4) is 62.1 Å². The van der Waals surface area contributed by atoms with Crippen molar-refractivity contribution in [3.05, 3.63) is 221 Å². The Morgan fingerprint density at radius 2 is 0.920 bits per heavy atom. The van der Waals surface area contributed by atoms with Crippen LogP contribution in [-0.4, -0.2) is 14.1 Å². The SMILES string of the molecule is CC(C)(C)c1ccnc(-n2c3ccccc3c3ccc(Oc4cccc(-n5[c-][n+](-c6c(-c7ccc8c(c7)C(C)(C)CCC8(C)C)cc(-c7ccc8c(c7)C(C)(C)CCC8(C)C)cc6-c6ccc7c(c6)C(C)(C)CCC7(C)C)c6ccccc65)c4)cc32)c1. The molecule has 0 bridgehead atoms. The predicted octanol–water partition coefficient (Wildman–Crippen LogP) is 21.3. The molecule has 11 aromatic rings. The highest BCUT2D eigenvalue weighted by atomic mass is 16.5. The van der Waals surface area contributed by atoms with Gasteiger partial charge in [-0.2, -0.15) is 0 Å². The Labute approximate surface area is 517 Å². The molecule has 3 aliphatic carbocycles. The van der Waals surface area contributed by atoms with Gasteiger partial charge in [0.2, 0.25) is 0 Å². The van der Waals surface area contributed by atoms with Crippen LogP contribution in [-0.2, 0) is 37.9 Å². The first-order valence-electron chi connectivity index (χ1n) is 32.1.